The van der Waals surface area contributed by atoms with Crippen molar-refractivity contribution in [3.05, 3.63) is 58.1 Å². The number of halogens is 5. The first-order valence-electron chi connectivity index (χ1n) is 13.9. The number of benzene rings is 2. The zero-order valence-electron chi connectivity index (χ0n) is 23.1. The van der Waals surface area contributed by atoms with Crippen molar-refractivity contribution < 1.29 is 37.0 Å². The average molecular weight is 665 g/mol. The third-order valence-corrected chi connectivity index (χ3v) is 9.64. The summed E-state index contributed by atoms with van der Waals surface area (Å²) in [6.07, 6.45) is 1.47. The number of alkyl halides is 4. The van der Waals surface area contributed by atoms with Crippen LogP contribution >= 0.6 is 15.9 Å². The van der Waals surface area contributed by atoms with Gasteiger partial charge in [0.05, 0.1) is 46.9 Å². The van der Waals surface area contributed by atoms with Gasteiger partial charge in [-0.3, -0.25) is 9.59 Å². The van der Waals surface area contributed by atoms with Crippen LogP contribution in [0.5, 0.6) is 5.75 Å². The highest BCUT2D eigenvalue weighted by Crippen LogP contribution is 2.54. The second-order valence-corrected chi connectivity index (χ2v) is 12.7. The smallest absolute Gasteiger partial charge is 0.387 e. The van der Waals surface area contributed by atoms with Crippen LogP contribution in [0.1, 0.15) is 48.0 Å². The van der Waals surface area contributed by atoms with Crippen molar-refractivity contribution in [1.29, 1.82) is 0 Å². The minimum absolute atomic E-state index is 0.0957. The highest BCUT2D eigenvalue weighted by molar-refractivity contribution is 9.10. The number of nitrogens with one attached hydrogen (secondary N) is 2. The Balaban J connectivity index is 1.39. The maximum Gasteiger partial charge on any atom is 0.387 e. The maximum absolute atomic E-state index is 14.3. The monoisotopic (exact) mass is 664 g/mol. The lowest BCUT2D eigenvalue weighted by Crippen LogP contribution is -2.68. The van der Waals surface area contributed by atoms with Crippen molar-refractivity contribution in [2.75, 3.05) is 23.3 Å². The van der Waals surface area contributed by atoms with Crippen LogP contribution in [0.25, 0.3) is 10.9 Å². The fraction of sp³-hybridized carbons (Fsp3) is 0.433. The number of aromatic nitrogens is 1. The molecule has 3 aromatic rings. The summed E-state index contributed by atoms with van der Waals surface area (Å²) in [5.74, 6) is -4.03. The fourth-order valence-corrected chi connectivity index (χ4v) is 7.22. The summed E-state index contributed by atoms with van der Waals surface area (Å²) in [4.78, 5) is 32.7. The molecule has 0 radical (unpaired) electrons. The molecule has 43 heavy (non-hydrogen) atoms. The van der Waals surface area contributed by atoms with Gasteiger partial charge in [-0.2, -0.15) is 8.78 Å². The van der Waals surface area contributed by atoms with Crippen molar-refractivity contribution in [2.45, 2.75) is 63.1 Å². The van der Waals surface area contributed by atoms with Gasteiger partial charge < -0.3 is 25.4 Å². The lowest BCUT2D eigenvalue weighted by atomic mass is 9.55. The fourth-order valence-electron chi connectivity index (χ4n) is 6.86. The normalized spacial score (nSPS) is 25.8. The van der Waals surface area contributed by atoms with Crippen LogP contribution in [-0.4, -0.2) is 59.2 Å². The minimum atomic E-state index is -3.06. The third-order valence-electron chi connectivity index (χ3n) is 9.15. The molecule has 1 unspecified atom stereocenters. The van der Waals surface area contributed by atoms with Gasteiger partial charge >= 0.3 is 12.6 Å². The van der Waals surface area contributed by atoms with Gasteiger partial charge in [0.25, 0.3) is 11.8 Å². The molecule has 2 aromatic carbocycles. The van der Waals surface area contributed by atoms with Crippen LogP contribution in [0.15, 0.2) is 46.9 Å². The molecule has 1 atom stereocenters. The molecular weight excluding hydrogens is 636 g/mol. The zero-order valence-corrected chi connectivity index (χ0v) is 24.7. The SMILES string of the molecule is Cc1c(N2CC(F)(F)C2)nc2ccc(Br)cc2c1C(=O)NC12CCC(C(=O)O)(CC1)CC2Nc1ccccc1OC(F)F. The number of amides is 1. The Morgan fingerprint density at radius 3 is 2.47 bits per heavy atom. The summed E-state index contributed by atoms with van der Waals surface area (Å²) in [5, 5.41) is 17.1. The van der Waals surface area contributed by atoms with Gasteiger partial charge in [-0.05, 0) is 69.4 Å². The number of ether oxygens (including phenoxy) is 1. The van der Waals surface area contributed by atoms with Gasteiger partial charge in [0.2, 0.25) is 0 Å². The van der Waals surface area contributed by atoms with E-state index in [1.54, 1.807) is 43.3 Å². The number of carboxylic acid groups (broad SMARTS) is 1. The lowest BCUT2D eigenvalue weighted by molar-refractivity contribution is -0.157. The molecule has 13 heteroatoms. The topological polar surface area (TPSA) is 104 Å². The molecule has 228 valence electrons. The summed E-state index contributed by atoms with van der Waals surface area (Å²) in [5.41, 5.74) is -0.502. The van der Waals surface area contributed by atoms with Crippen LogP contribution in [-0.2, 0) is 4.79 Å². The first kappa shape index (κ1) is 29.5. The number of nitrogens with zero attached hydrogens (tertiary/aromatic N) is 2. The van der Waals surface area contributed by atoms with Gasteiger partial charge in [-0.15, -0.1) is 0 Å². The van der Waals surface area contributed by atoms with E-state index >= 15 is 0 Å². The Bertz CT molecular complexity index is 1600. The van der Waals surface area contributed by atoms with Crippen molar-refractivity contribution in [3.8, 4) is 5.75 Å². The molecule has 4 aliphatic rings. The van der Waals surface area contributed by atoms with Crippen LogP contribution in [0.2, 0.25) is 0 Å². The summed E-state index contributed by atoms with van der Waals surface area (Å²) < 4.78 is 59.3. The first-order chi connectivity index (χ1) is 20.3. The van der Waals surface area contributed by atoms with Gasteiger partial charge in [0.15, 0.2) is 0 Å². The second kappa shape index (κ2) is 10.5. The van der Waals surface area contributed by atoms with Crippen LogP contribution in [0.3, 0.4) is 0 Å². The standard InChI is InChI=1S/C30H29BrF4N4O4/c1-16-23(18-12-17(31)6-7-19(18)37-24(16)39-14-30(34,35)15-39)25(40)38-29-10-8-28(9-11-29,26(41)42)13-22(29)36-20-4-2-3-5-21(20)43-27(32)33/h2-7,12,22,27,36H,8-11,13-15H2,1H3,(H,38,40)(H,41,42). The molecule has 1 amide bonds. The molecule has 3 saturated carbocycles. The predicted octanol–water partition coefficient (Wildman–Crippen LogP) is 6.36. The maximum atomic E-state index is 14.3. The second-order valence-electron chi connectivity index (χ2n) is 11.8. The molecule has 1 saturated heterocycles. The number of hydrogen-bond acceptors (Lipinski definition) is 6. The largest absolute Gasteiger partial charge is 0.481 e. The molecule has 7 rings (SSSR count). The Labute approximate surface area is 252 Å². The Morgan fingerprint density at radius 1 is 1.12 bits per heavy atom. The highest BCUT2D eigenvalue weighted by Gasteiger charge is 2.58. The molecule has 3 aliphatic carbocycles. The van der Waals surface area contributed by atoms with Gasteiger partial charge in [-0.1, -0.05) is 28.1 Å². The van der Waals surface area contributed by atoms with Crippen LogP contribution in [0, 0.1) is 12.3 Å². The number of fused-ring (bicyclic) bond motifs is 4. The van der Waals surface area contributed by atoms with Crippen LogP contribution < -0.4 is 20.3 Å². The number of para-hydroxylation sites is 2. The average Bonchev–Trinajstić information content (AvgIpc) is 2.93. The van der Waals surface area contributed by atoms with E-state index < -0.39 is 54.5 Å². The number of carboxylic acids is 1. The Morgan fingerprint density at radius 2 is 1.81 bits per heavy atom. The predicted molar refractivity (Wildman–Crippen MR) is 155 cm³/mol. The molecule has 2 heterocycles. The molecule has 8 nitrogen and oxygen atoms in total. The molecule has 3 N–H and O–H groups in total. The highest BCUT2D eigenvalue weighted by atomic mass is 79.9. The molecular formula is C30H29BrF4N4O4. The lowest BCUT2D eigenvalue weighted by Gasteiger charge is -2.56. The summed E-state index contributed by atoms with van der Waals surface area (Å²) in [6.45, 7) is -2.39. The molecule has 4 fully saturated rings. The molecule has 2 bridgehead atoms. The summed E-state index contributed by atoms with van der Waals surface area (Å²) >= 11 is 3.45. The number of carbonyl (C=O) groups excluding carboxylic acids is 1. The number of hydrogen-bond donors (Lipinski definition) is 3. The Hall–Kier alpha value is -3.61. The van der Waals surface area contributed by atoms with E-state index in [-0.39, 0.29) is 23.4 Å². The molecule has 1 aliphatic heterocycles. The zero-order chi connectivity index (χ0) is 30.7. The van der Waals surface area contributed by atoms with Crippen molar-refractivity contribution in [1.82, 2.24) is 10.3 Å². The van der Waals surface area contributed by atoms with Gasteiger partial charge in [0.1, 0.15) is 11.6 Å². The number of rotatable bonds is 8. The van der Waals surface area contributed by atoms with Gasteiger partial charge in [0, 0.05) is 15.4 Å². The summed E-state index contributed by atoms with van der Waals surface area (Å²) in [6, 6.07) is 10.7. The quantitative estimate of drug-likeness (QED) is 0.241. The van der Waals surface area contributed by atoms with Crippen molar-refractivity contribution >= 4 is 50.2 Å². The third kappa shape index (κ3) is 5.25. The summed E-state index contributed by atoms with van der Waals surface area (Å²) in [7, 11) is 0. The van der Waals surface area contributed by atoms with Crippen molar-refractivity contribution in [2.24, 2.45) is 5.41 Å². The number of pyridine rings is 1. The molecule has 0 spiro atoms. The number of carbonyl (C=O) groups is 2. The first-order valence-corrected chi connectivity index (χ1v) is 14.7. The van der Waals surface area contributed by atoms with E-state index in [4.69, 9.17) is 4.74 Å². The molecule has 1 aromatic heterocycles. The van der Waals surface area contributed by atoms with E-state index in [1.165, 1.54) is 11.0 Å². The minimum Gasteiger partial charge on any atom is -0.481 e. The number of aliphatic carboxylic acids is 1. The Kier molecular flexibility index (Phi) is 7.22. The number of anilines is 2. The van der Waals surface area contributed by atoms with Crippen LogP contribution in [0.4, 0.5) is 29.1 Å². The van der Waals surface area contributed by atoms with Crippen molar-refractivity contribution in [3.63, 3.8) is 0 Å². The van der Waals surface area contributed by atoms with Gasteiger partial charge in [-0.25, -0.2) is 13.8 Å². The van der Waals surface area contributed by atoms with E-state index in [0.717, 1.165) is 0 Å². The van der Waals surface area contributed by atoms with E-state index in [1.807, 2.05) is 0 Å². The van der Waals surface area contributed by atoms with E-state index in [9.17, 15) is 32.3 Å². The van der Waals surface area contributed by atoms with E-state index in [0.29, 0.717) is 52.4 Å². The van der Waals surface area contributed by atoms with E-state index in [2.05, 4.69) is 31.5 Å².